The van der Waals surface area contributed by atoms with E-state index in [9.17, 15) is 8.78 Å². The Balaban J connectivity index is 2.47. The summed E-state index contributed by atoms with van der Waals surface area (Å²) in [5.41, 5.74) is 1.39. The van der Waals surface area contributed by atoms with Gasteiger partial charge in [0.25, 0.3) is 0 Å². The Kier molecular flexibility index (Phi) is 2.04. The molecule has 0 N–H and O–H groups in total. The van der Waals surface area contributed by atoms with Crippen molar-refractivity contribution in [1.29, 1.82) is 0 Å². The summed E-state index contributed by atoms with van der Waals surface area (Å²) in [6, 6.07) is 3.79. The molecule has 14 heavy (non-hydrogen) atoms. The first-order chi connectivity index (χ1) is 6.66. The van der Waals surface area contributed by atoms with Gasteiger partial charge in [0, 0.05) is 18.8 Å². The topological polar surface area (TPSA) is 17.8 Å². The van der Waals surface area contributed by atoms with E-state index in [1.54, 1.807) is 24.1 Å². The van der Waals surface area contributed by atoms with E-state index in [0.717, 1.165) is 17.7 Å². The van der Waals surface area contributed by atoms with Crippen LogP contribution in [0.3, 0.4) is 0 Å². The van der Waals surface area contributed by atoms with E-state index in [4.69, 9.17) is 0 Å². The van der Waals surface area contributed by atoms with Crippen LogP contribution in [0.2, 0.25) is 0 Å². The largest absolute Gasteiger partial charge is 0.275 e. The third-order valence-electron chi connectivity index (χ3n) is 1.96. The lowest BCUT2D eigenvalue weighted by Gasteiger charge is -1.97. The molecule has 4 heteroatoms. The van der Waals surface area contributed by atoms with Crippen LogP contribution in [0.1, 0.15) is 0 Å². The van der Waals surface area contributed by atoms with Crippen LogP contribution in [0.15, 0.2) is 30.6 Å². The highest BCUT2D eigenvalue weighted by molar-refractivity contribution is 5.61. The highest BCUT2D eigenvalue weighted by Crippen LogP contribution is 2.20. The van der Waals surface area contributed by atoms with Crippen molar-refractivity contribution in [3.63, 3.8) is 0 Å². The van der Waals surface area contributed by atoms with E-state index in [2.05, 4.69) is 5.10 Å². The number of hydrogen-bond acceptors (Lipinski definition) is 1. The zero-order valence-electron chi connectivity index (χ0n) is 7.54. The average Bonchev–Trinajstić information content (AvgIpc) is 2.57. The molecule has 0 amide bonds. The lowest BCUT2D eigenvalue weighted by molar-refractivity contribution is 0.509. The van der Waals surface area contributed by atoms with Gasteiger partial charge < -0.3 is 0 Å². The first-order valence-electron chi connectivity index (χ1n) is 4.11. The third kappa shape index (κ3) is 1.51. The monoisotopic (exact) mass is 194 g/mol. The summed E-state index contributed by atoms with van der Waals surface area (Å²) in [5, 5.41) is 3.95. The van der Waals surface area contributed by atoms with Crippen molar-refractivity contribution in [2.24, 2.45) is 7.05 Å². The number of rotatable bonds is 1. The lowest BCUT2D eigenvalue weighted by atomic mass is 10.1. The average molecular weight is 194 g/mol. The van der Waals surface area contributed by atoms with Gasteiger partial charge in [-0.1, -0.05) is 6.07 Å². The second-order valence-corrected chi connectivity index (χ2v) is 3.03. The van der Waals surface area contributed by atoms with Gasteiger partial charge in [-0.15, -0.1) is 0 Å². The smallest absolute Gasteiger partial charge is 0.159 e. The van der Waals surface area contributed by atoms with Crippen LogP contribution >= 0.6 is 0 Å². The molecule has 1 aromatic heterocycles. The number of halogens is 2. The molecule has 0 atom stereocenters. The van der Waals surface area contributed by atoms with Crippen LogP contribution < -0.4 is 0 Å². The molecular formula is C10H8F2N2. The molecular weight excluding hydrogens is 186 g/mol. The Labute approximate surface area is 79.8 Å². The summed E-state index contributed by atoms with van der Waals surface area (Å²) in [5.74, 6) is -1.68. The Morgan fingerprint density at radius 3 is 2.50 bits per heavy atom. The highest BCUT2D eigenvalue weighted by atomic mass is 19.2. The molecule has 2 rings (SSSR count). The van der Waals surface area contributed by atoms with Crippen molar-refractivity contribution in [3.8, 4) is 11.1 Å². The van der Waals surface area contributed by atoms with Crippen molar-refractivity contribution < 1.29 is 8.78 Å². The minimum absolute atomic E-state index is 0.622. The molecule has 0 aliphatic carbocycles. The molecule has 72 valence electrons. The van der Waals surface area contributed by atoms with Gasteiger partial charge in [0.05, 0.1) is 6.20 Å². The van der Waals surface area contributed by atoms with Gasteiger partial charge in [0.2, 0.25) is 0 Å². The maximum absolute atomic E-state index is 12.9. The Morgan fingerprint density at radius 1 is 1.14 bits per heavy atom. The SMILES string of the molecule is Cn1cc(-c2ccc(F)c(F)c2)cn1. The summed E-state index contributed by atoms with van der Waals surface area (Å²) in [6.45, 7) is 0. The highest BCUT2D eigenvalue weighted by Gasteiger charge is 2.05. The van der Waals surface area contributed by atoms with E-state index in [1.807, 2.05) is 0 Å². The Hall–Kier alpha value is -1.71. The Morgan fingerprint density at radius 2 is 1.93 bits per heavy atom. The van der Waals surface area contributed by atoms with Crippen LogP contribution in [-0.2, 0) is 7.05 Å². The zero-order chi connectivity index (χ0) is 10.1. The predicted octanol–water partition coefficient (Wildman–Crippen LogP) is 2.37. The van der Waals surface area contributed by atoms with Gasteiger partial charge in [0.15, 0.2) is 11.6 Å². The van der Waals surface area contributed by atoms with Gasteiger partial charge in [-0.3, -0.25) is 4.68 Å². The number of hydrogen-bond donors (Lipinski definition) is 0. The van der Waals surface area contributed by atoms with Crippen LogP contribution in [0, 0.1) is 11.6 Å². The molecule has 0 unspecified atom stereocenters. The molecule has 0 saturated heterocycles. The number of benzene rings is 1. The van der Waals surface area contributed by atoms with E-state index in [0.29, 0.717) is 5.56 Å². The number of aromatic nitrogens is 2. The zero-order valence-corrected chi connectivity index (χ0v) is 7.54. The molecule has 0 radical (unpaired) electrons. The molecule has 2 nitrogen and oxygen atoms in total. The van der Waals surface area contributed by atoms with Crippen molar-refractivity contribution in [1.82, 2.24) is 9.78 Å². The van der Waals surface area contributed by atoms with Crippen molar-refractivity contribution in [2.75, 3.05) is 0 Å². The molecule has 1 aromatic carbocycles. The van der Waals surface area contributed by atoms with Crippen molar-refractivity contribution in [3.05, 3.63) is 42.2 Å². The maximum atomic E-state index is 12.9. The normalized spacial score (nSPS) is 10.5. The van der Waals surface area contributed by atoms with Crippen LogP contribution in [0.4, 0.5) is 8.78 Å². The minimum Gasteiger partial charge on any atom is -0.275 e. The van der Waals surface area contributed by atoms with Crippen LogP contribution in [0.25, 0.3) is 11.1 Å². The molecule has 1 heterocycles. The van der Waals surface area contributed by atoms with Crippen molar-refractivity contribution >= 4 is 0 Å². The minimum atomic E-state index is -0.841. The second-order valence-electron chi connectivity index (χ2n) is 3.03. The molecule has 0 bridgehead atoms. The van der Waals surface area contributed by atoms with Gasteiger partial charge in [-0.05, 0) is 17.7 Å². The summed E-state index contributed by atoms with van der Waals surface area (Å²) >= 11 is 0. The fraction of sp³-hybridized carbons (Fsp3) is 0.100. The van der Waals surface area contributed by atoms with E-state index in [-0.39, 0.29) is 0 Å². The standard InChI is InChI=1S/C10H8F2N2/c1-14-6-8(5-13-14)7-2-3-9(11)10(12)4-7/h2-6H,1H3. The first kappa shape index (κ1) is 8.87. The van der Waals surface area contributed by atoms with E-state index < -0.39 is 11.6 Å². The van der Waals surface area contributed by atoms with Gasteiger partial charge >= 0.3 is 0 Å². The fourth-order valence-corrected chi connectivity index (χ4v) is 1.25. The second kappa shape index (κ2) is 3.21. The number of nitrogens with zero attached hydrogens (tertiary/aromatic N) is 2. The summed E-state index contributed by atoms with van der Waals surface area (Å²) in [7, 11) is 1.77. The molecule has 0 spiro atoms. The van der Waals surface area contributed by atoms with Gasteiger partial charge in [0.1, 0.15) is 0 Å². The van der Waals surface area contributed by atoms with Gasteiger partial charge in [-0.2, -0.15) is 5.10 Å². The molecule has 0 fully saturated rings. The van der Waals surface area contributed by atoms with E-state index in [1.165, 1.54) is 6.07 Å². The van der Waals surface area contributed by atoms with Crippen molar-refractivity contribution in [2.45, 2.75) is 0 Å². The lowest BCUT2D eigenvalue weighted by Crippen LogP contribution is -1.85. The summed E-state index contributed by atoms with van der Waals surface area (Å²) in [4.78, 5) is 0. The summed E-state index contributed by atoms with van der Waals surface area (Å²) in [6.07, 6.45) is 3.35. The molecule has 0 aliphatic heterocycles. The van der Waals surface area contributed by atoms with Crippen LogP contribution in [-0.4, -0.2) is 9.78 Å². The maximum Gasteiger partial charge on any atom is 0.159 e. The predicted molar refractivity (Wildman–Crippen MR) is 48.6 cm³/mol. The Bertz CT molecular complexity index is 463. The fourth-order valence-electron chi connectivity index (χ4n) is 1.25. The molecule has 0 aliphatic rings. The third-order valence-corrected chi connectivity index (χ3v) is 1.96. The molecule has 2 aromatic rings. The van der Waals surface area contributed by atoms with E-state index >= 15 is 0 Å². The first-order valence-corrected chi connectivity index (χ1v) is 4.11. The quantitative estimate of drug-likeness (QED) is 0.681. The number of aryl methyl sites for hydroxylation is 1. The van der Waals surface area contributed by atoms with Crippen LogP contribution in [0.5, 0.6) is 0 Å². The molecule has 0 saturated carbocycles. The summed E-state index contributed by atoms with van der Waals surface area (Å²) < 4.78 is 27.1. The van der Waals surface area contributed by atoms with Gasteiger partial charge in [-0.25, -0.2) is 8.78 Å².